The van der Waals surface area contributed by atoms with Crippen molar-refractivity contribution in [3.8, 4) is 0 Å². The van der Waals surface area contributed by atoms with Crippen LogP contribution >= 0.6 is 11.8 Å². The molecule has 116 valence electrons. The minimum atomic E-state index is -0.510. The molecule has 21 heavy (non-hydrogen) atoms. The van der Waals surface area contributed by atoms with Crippen LogP contribution in [0.15, 0.2) is 18.3 Å². The van der Waals surface area contributed by atoms with E-state index in [9.17, 15) is 4.79 Å². The molecule has 1 aromatic heterocycles. The summed E-state index contributed by atoms with van der Waals surface area (Å²) in [5.41, 5.74) is 0.474. The number of nitrogens with zero attached hydrogens (tertiary/aromatic N) is 1. The second-order valence-electron chi connectivity index (χ2n) is 6.12. The van der Waals surface area contributed by atoms with E-state index in [-0.39, 0.29) is 0 Å². The number of carbonyl (C=O) groups excluding carboxylic acids is 1. The summed E-state index contributed by atoms with van der Waals surface area (Å²) in [4.78, 5) is 15.9. The fourth-order valence-electron chi connectivity index (χ4n) is 2.05. The van der Waals surface area contributed by atoms with Crippen molar-refractivity contribution in [2.24, 2.45) is 0 Å². The second-order valence-corrected chi connectivity index (χ2v) is 7.27. The molecule has 1 unspecified atom stereocenters. The first kappa shape index (κ1) is 15.9. The number of anilines is 2. The molecule has 2 rings (SSSR count). The molecule has 1 atom stereocenters. The molecule has 5 nitrogen and oxygen atoms in total. The maximum Gasteiger partial charge on any atom is 0.413 e. The summed E-state index contributed by atoms with van der Waals surface area (Å²) in [6.45, 7) is 5.49. The summed E-state index contributed by atoms with van der Waals surface area (Å²) in [6.07, 6.45) is 3.71. The lowest BCUT2D eigenvalue weighted by Crippen LogP contribution is -2.27. The van der Waals surface area contributed by atoms with Gasteiger partial charge in [0.05, 0.1) is 11.9 Å². The first-order valence-electron chi connectivity index (χ1n) is 7.23. The van der Waals surface area contributed by atoms with Crippen LogP contribution in [0.3, 0.4) is 0 Å². The van der Waals surface area contributed by atoms with Crippen LogP contribution in [0.25, 0.3) is 0 Å². The lowest BCUT2D eigenvalue weighted by Gasteiger charge is -2.23. The highest BCUT2D eigenvalue weighted by Crippen LogP contribution is 2.21. The molecule has 1 fully saturated rings. The molecule has 0 saturated carbocycles. The Labute approximate surface area is 130 Å². The number of carbonyl (C=O) groups is 1. The zero-order chi connectivity index (χ0) is 15.3. The number of nitrogens with one attached hydrogen (secondary N) is 2. The van der Waals surface area contributed by atoms with E-state index < -0.39 is 11.7 Å². The van der Waals surface area contributed by atoms with Gasteiger partial charge in [0.2, 0.25) is 0 Å². The third-order valence-corrected chi connectivity index (χ3v) is 4.14. The molecule has 0 aromatic carbocycles. The van der Waals surface area contributed by atoms with E-state index in [4.69, 9.17) is 4.74 Å². The van der Waals surface area contributed by atoms with Crippen molar-refractivity contribution in [2.75, 3.05) is 22.1 Å². The Hall–Kier alpha value is -1.43. The van der Waals surface area contributed by atoms with Crippen LogP contribution in [0.2, 0.25) is 0 Å². The number of amides is 1. The van der Waals surface area contributed by atoms with Gasteiger partial charge in [-0.2, -0.15) is 11.8 Å². The predicted octanol–water partition coefficient (Wildman–Crippen LogP) is 3.74. The Morgan fingerprint density at radius 1 is 1.43 bits per heavy atom. The van der Waals surface area contributed by atoms with Gasteiger partial charge >= 0.3 is 6.09 Å². The Morgan fingerprint density at radius 3 is 2.81 bits per heavy atom. The molecule has 2 N–H and O–H groups in total. The van der Waals surface area contributed by atoms with Gasteiger partial charge in [0.1, 0.15) is 11.4 Å². The van der Waals surface area contributed by atoms with Crippen molar-refractivity contribution >= 4 is 29.4 Å². The first-order valence-corrected chi connectivity index (χ1v) is 8.38. The Morgan fingerprint density at radius 2 is 2.24 bits per heavy atom. The minimum Gasteiger partial charge on any atom is -0.444 e. The second kappa shape index (κ2) is 7.02. The minimum absolute atomic E-state index is 0.487. The maximum atomic E-state index is 11.6. The molecule has 0 aliphatic carbocycles. The highest BCUT2D eigenvalue weighted by molar-refractivity contribution is 7.99. The van der Waals surface area contributed by atoms with E-state index in [1.165, 1.54) is 18.6 Å². The average molecular weight is 309 g/mol. The first-order chi connectivity index (χ1) is 9.92. The van der Waals surface area contributed by atoms with Crippen molar-refractivity contribution in [3.05, 3.63) is 18.3 Å². The molecule has 0 spiro atoms. The number of hydrogen-bond donors (Lipinski definition) is 2. The van der Waals surface area contributed by atoms with E-state index in [1.54, 1.807) is 12.3 Å². The molecule has 0 bridgehead atoms. The highest BCUT2D eigenvalue weighted by atomic mass is 32.2. The van der Waals surface area contributed by atoms with Crippen molar-refractivity contribution < 1.29 is 9.53 Å². The van der Waals surface area contributed by atoms with Crippen LogP contribution in [-0.4, -0.2) is 34.2 Å². The normalized spacial score (nSPS) is 18.9. The topological polar surface area (TPSA) is 63.2 Å². The molecule has 0 radical (unpaired) electrons. The maximum absolute atomic E-state index is 11.6. The highest BCUT2D eigenvalue weighted by Gasteiger charge is 2.17. The molecule has 1 saturated heterocycles. The van der Waals surface area contributed by atoms with Gasteiger partial charge < -0.3 is 10.1 Å². The van der Waals surface area contributed by atoms with E-state index in [1.807, 2.05) is 38.6 Å². The summed E-state index contributed by atoms with van der Waals surface area (Å²) in [6, 6.07) is 4.22. The molecule has 1 amide bonds. The lowest BCUT2D eigenvalue weighted by molar-refractivity contribution is 0.0635. The number of hydrogen-bond acceptors (Lipinski definition) is 5. The Kier molecular flexibility index (Phi) is 5.33. The van der Waals surface area contributed by atoms with Crippen molar-refractivity contribution in [1.29, 1.82) is 0 Å². The number of pyridine rings is 1. The zero-order valence-electron chi connectivity index (χ0n) is 12.8. The Bertz CT molecular complexity index is 465. The zero-order valence-corrected chi connectivity index (χ0v) is 13.6. The predicted molar refractivity (Wildman–Crippen MR) is 88.1 cm³/mol. The summed E-state index contributed by atoms with van der Waals surface area (Å²) in [7, 11) is 0. The van der Waals surface area contributed by atoms with E-state index in [0.717, 1.165) is 11.4 Å². The molecule has 1 aliphatic rings. The summed E-state index contributed by atoms with van der Waals surface area (Å²) in [5, 5.41) is 6.10. The van der Waals surface area contributed by atoms with Gasteiger partial charge in [-0.05, 0) is 51.5 Å². The van der Waals surface area contributed by atoms with Gasteiger partial charge in [-0.1, -0.05) is 0 Å². The van der Waals surface area contributed by atoms with E-state index >= 15 is 0 Å². The number of rotatable bonds is 3. The van der Waals surface area contributed by atoms with Gasteiger partial charge in [0, 0.05) is 11.8 Å². The SMILES string of the molecule is CC(C)(C)OC(=O)Nc1ccc(NC2CCCSC2)cn1. The third-order valence-electron chi connectivity index (χ3n) is 2.92. The molecule has 1 aliphatic heterocycles. The number of thioether (sulfide) groups is 1. The molecule has 6 heteroatoms. The summed E-state index contributed by atoms with van der Waals surface area (Å²) >= 11 is 1.98. The monoisotopic (exact) mass is 309 g/mol. The molecular weight excluding hydrogens is 286 g/mol. The lowest BCUT2D eigenvalue weighted by atomic mass is 10.2. The van der Waals surface area contributed by atoms with E-state index in [2.05, 4.69) is 15.6 Å². The van der Waals surface area contributed by atoms with Crippen LogP contribution in [0, 0.1) is 0 Å². The van der Waals surface area contributed by atoms with Crippen LogP contribution in [0.1, 0.15) is 33.6 Å². The molecule has 1 aromatic rings. The fraction of sp³-hybridized carbons (Fsp3) is 0.600. The number of aromatic nitrogens is 1. The van der Waals surface area contributed by atoms with Gasteiger partial charge in [-0.15, -0.1) is 0 Å². The van der Waals surface area contributed by atoms with Gasteiger partial charge in [-0.3, -0.25) is 5.32 Å². The van der Waals surface area contributed by atoms with Crippen molar-refractivity contribution in [3.63, 3.8) is 0 Å². The molecular formula is C15H23N3O2S. The van der Waals surface area contributed by atoms with Crippen LogP contribution in [-0.2, 0) is 4.74 Å². The van der Waals surface area contributed by atoms with Crippen LogP contribution in [0.5, 0.6) is 0 Å². The number of ether oxygens (including phenoxy) is 1. The average Bonchev–Trinajstić information content (AvgIpc) is 2.40. The standard InChI is InChI=1S/C15H23N3O2S/c1-15(2,3)20-14(19)18-13-7-6-11(9-16-13)17-12-5-4-8-21-10-12/h6-7,9,12,17H,4-5,8,10H2,1-3H3,(H,16,18,19). The van der Waals surface area contributed by atoms with Crippen LogP contribution < -0.4 is 10.6 Å². The van der Waals surface area contributed by atoms with E-state index in [0.29, 0.717) is 11.9 Å². The van der Waals surface area contributed by atoms with Gasteiger partial charge in [-0.25, -0.2) is 9.78 Å². The van der Waals surface area contributed by atoms with Crippen molar-refractivity contribution in [2.45, 2.75) is 45.3 Å². The largest absolute Gasteiger partial charge is 0.444 e. The Balaban J connectivity index is 1.85. The molecule has 2 heterocycles. The third kappa shape index (κ3) is 5.83. The summed E-state index contributed by atoms with van der Waals surface area (Å²) < 4.78 is 5.18. The smallest absolute Gasteiger partial charge is 0.413 e. The van der Waals surface area contributed by atoms with Gasteiger partial charge in [0.25, 0.3) is 0 Å². The van der Waals surface area contributed by atoms with Crippen LogP contribution in [0.4, 0.5) is 16.3 Å². The fourth-order valence-corrected chi connectivity index (χ4v) is 3.12. The summed E-state index contributed by atoms with van der Waals surface area (Å²) in [5.74, 6) is 2.89. The van der Waals surface area contributed by atoms with Gasteiger partial charge in [0.15, 0.2) is 0 Å². The van der Waals surface area contributed by atoms with Crippen molar-refractivity contribution in [1.82, 2.24) is 4.98 Å². The quantitative estimate of drug-likeness (QED) is 0.890.